The van der Waals surface area contributed by atoms with E-state index in [0.29, 0.717) is 5.56 Å². The first kappa shape index (κ1) is 16.2. The van der Waals surface area contributed by atoms with Crippen molar-refractivity contribution >= 4 is 11.8 Å². The lowest BCUT2D eigenvalue weighted by molar-refractivity contribution is 0.0693. The molecule has 1 aliphatic carbocycles. The molecule has 124 valence electrons. The third-order valence-electron chi connectivity index (χ3n) is 4.74. The molecule has 0 aliphatic heterocycles. The summed E-state index contributed by atoms with van der Waals surface area (Å²) in [6.07, 6.45) is 5.49. The fourth-order valence-corrected chi connectivity index (χ4v) is 3.46. The molecule has 24 heavy (non-hydrogen) atoms. The second-order valence-electron chi connectivity index (χ2n) is 6.29. The minimum Gasteiger partial charge on any atom is -0.508 e. The highest BCUT2D eigenvalue weighted by molar-refractivity contribution is 6.14. The largest absolute Gasteiger partial charge is 0.508 e. The van der Waals surface area contributed by atoms with Crippen molar-refractivity contribution in [3.8, 4) is 5.75 Å². The Morgan fingerprint density at radius 3 is 2.25 bits per heavy atom. The summed E-state index contributed by atoms with van der Waals surface area (Å²) in [5, 5.41) is 19.4. The van der Waals surface area contributed by atoms with E-state index in [1.165, 1.54) is 18.6 Å². The number of hydrogen-bond acceptors (Lipinski definition) is 3. The molecule has 0 amide bonds. The molecule has 0 heterocycles. The average Bonchev–Trinajstić information content (AvgIpc) is 2.62. The predicted molar refractivity (Wildman–Crippen MR) is 90.8 cm³/mol. The molecule has 2 aromatic rings. The number of carboxylic acids is 1. The van der Waals surface area contributed by atoms with Crippen molar-refractivity contribution in [1.29, 1.82) is 0 Å². The highest BCUT2D eigenvalue weighted by Gasteiger charge is 2.22. The van der Waals surface area contributed by atoms with Crippen molar-refractivity contribution in [3.63, 3.8) is 0 Å². The molecule has 1 fully saturated rings. The van der Waals surface area contributed by atoms with Gasteiger partial charge in [0.1, 0.15) is 5.75 Å². The first-order valence-corrected chi connectivity index (χ1v) is 8.28. The number of phenols is 1. The first-order chi connectivity index (χ1) is 11.6. The van der Waals surface area contributed by atoms with Crippen molar-refractivity contribution in [3.05, 3.63) is 64.7 Å². The summed E-state index contributed by atoms with van der Waals surface area (Å²) < 4.78 is 0. The molecule has 0 saturated heterocycles. The minimum atomic E-state index is -1.12. The van der Waals surface area contributed by atoms with Gasteiger partial charge in [-0.2, -0.15) is 0 Å². The Morgan fingerprint density at radius 1 is 0.917 bits per heavy atom. The number of ketones is 1. The number of carboxylic acid groups (broad SMARTS) is 1. The third kappa shape index (κ3) is 3.18. The summed E-state index contributed by atoms with van der Waals surface area (Å²) in [4.78, 5) is 24.1. The van der Waals surface area contributed by atoms with Crippen LogP contribution in [0.5, 0.6) is 5.75 Å². The highest BCUT2D eigenvalue weighted by Crippen LogP contribution is 2.37. The molecule has 2 N–H and O–H groups in total. The van der Waals surface area contributed by atoms with Crippen LogP contribution in [0.3, 0.4) is 0 Å². The lowest BCUT2D eigenvalue weighted by Gasteiger charge is -2.23. The zero-order valence-electron chi connectivity index (χ0n) is 13.4. The van der Waals surface area contributed by atoms with Gasteiger partial charge in [-0.1, -0.05) is 37.5 Å². The van der Waals surface area contributed by atoms with Gasteiger partial charge in [0.05, 0.1) is 5.56 Å². The Kier molecular flexibility index (Phi) is 4.65. The molecule has 3 rings (SSSR count). The topological polar surface area (TPSA) is 74.6 Å². The molecule has 4 nitrogen and oxygen atoms in total. The van der Waals surface area contributed by atoms with Gasteiger partial charge in [-0.05, 0) is 48.6 Å². The number of benzene rings is 2. The monoisotopic (exact) mass is 324 g/mol. The van der Waals surface area contributed by atoms with Crippen LogP contribution in [0.4, 0.5) is 0 Å². The molecule has 0 aromatic heterocycles. The van der Waals surface area contributed by atoms with Crippen molar-refractivity contribution in [2.24, 2.45) is 0 Å². The van der Waals surface area contributed by atoms with Gasteiger partial charge in [0, 0.05) is 11.1 Å². The zero-order chi connectivity index (χ0) is 17.1. The van der Waals surface area contributed by atoms with Gasteiger partial charge in [-0.3, -0.25) is 4.79 Å². The molecular formula is C20H20O4. The van der Waals surface area contributed by atoms with E-state index < -0.39 is 5.97 Å². The van der Waals surface area contributed by atoms with Gasteiger partial charge in [0.25, 0.3) is 0 Å². The minimum absolute atomic E-state index is 0.00482. The summed E-state index contributed by atoms with van der Waals surface area (Å²) >= 11 is 0. The van der Waals surface area contributed by atoms with Crippen LogP contribution in [0.25, 0.3) is 0 Å². The van der Waals surface area contributed by atoms with Crippen LogP contribution in [0.1, 0.15) is 69.9 Å². The van der Waals surface area contributed by atoms with Crippen molar-refractivity contribution < 1.29 is 19.8 Å². The SMILES string of the molecule is O=C(O)c1ccccc1C(=O)c1ccc(O)c(C2CCCCC2)c1. The summed E-state index contributed by atoms with van der Waals surface area (Å²) in [6, 6.07) is 11.0. The van der Waals surface area contributed by atoms with E-state index in [0.717, 1.165) is 31.2 Å². The van der Waals surface area contributed by atoms with Crippen LogP contribution in [0, 0.1) is 0 Å². The van der Waals surface area contributed by atoms with E-state index in [-0.39, 0.29) is 28.6 Å². The van der Waals surface area contributed by atoms with Gasteiger partial charge in [0.2, 0.25) is 0 Å². The first-order valence-electron chi connectivity index (χ1n) is 8.28. The molecule has 4 heteroatoms. The Morgan fingerprint density at radius 2 is 1.58 bits per heavy atom. The zero-order valence-corrected chi connectivity index (χ0v) is 13.4. The average molecular weight is 324 g/mol. The van der Waals surface area contributed by atoms with Crippen LogP contribution >= 0.6 is 0 Å². The lowest BCUT2D eigenvalue weighted by atomic mass is 9.82. The Labute approximate surface area is 140 Å². The summed E-state index contributed by atoms with van der Waals surface area (Å²) in [5.41, 5.74) is 1.38. The molecule has 0 atom stereocenters. The number of phenolic OH excluding ortho intramolecular Hbond substituents is 1. The molecular weight excluding hydrogens is 304 g/mol. The van der Waals surface area contributed by atoms with Gasteiger partial charge >= 0.3 is 5.97 Å². The van der Waals surface area contributed by atoms with Gasteiger partial charge in [-0.15, -0.1) is 0 Å². The van der Waals surface area contributed by atoms with E-state index in [1.807, 2.05) is 0 Å². The number of aromatic carboxylic acids is 1. The Balaban J connectivity index is 1.98. The molecule has 0 bridgehead atoms. The van der Waals surface area contributed by atoms with Gasteiger partial charge in [-0.25, -0.2) is 4.79 Å². The third-order valence-corrected chi connectivity index (χ3v) is 4.74. The molecule has 1 saturated carbocycles. The smallest absolute Gasteiger partial charge is 0.336 e. The van der Waals surface area contributed by atoms with Crippen LogP contribution in [0.2, 0.25) is 0 Å². The molecule has 0 unspecified atom stereocenters. The molecule has 2 aromatic carbocycles. The maximum Gasteiger partial charge on any atom is 0.336 e. The fraction of sp³-hybridized carbons (Fsp3) is 0.300. The Hall–Kier alpha value is -2.62. The standard InChI is InChI=1S/C20H20O4/c21-18-11-10-14(12-17(18)13-6-2-1-3-7-13)19(22)15-8-4-5-9-16(15)20(23)24/h4-5,8-13,21H,1-3,6-7H2,(H,23,24). The van der Waals surface area contributed by atoms with Crippen molar-refractivity contribution in [1.82, 2.24) is 0 Å². The van der Waals surface area contributed by atoms with Gasteiger partial charge < -0.3 is 10.2 Å². The molecule has 1 aliphatic rings. The number of rotatable bonds is 4. The highest BCUT2D eigenvalue weighted by atomic mass is 16.4. The Bertz CT molecular complexity index is 773. The van der Waals surface area contributed by atoms with Crippen LogP contribution in [0.15, 0.2) is 42.5 Å². The summed E-state index contributed by atoms with van der Waals surface area (Å²) in [5.74, 6) is -0.971. The van der Waals surface area contributed by atoms with Crippen molar-refractivity contribution in [2.45, 2.75) is 38.0 Å². The normalized spacial score (nSPS) is 15.2. The number of carbonyl (C=O) groups is 2. The number of hydrogen-bond donors (Lipinski definition) is 2. The molecule has 0 radical (unpaired) electrons. The van der Waals surface area contributed by atoms with Crippen LogP contribution in [-0.4, -0.2) is 22.0 Å². The maximum atomic E-state index is 12.8. The number of aromatic hydroxyl groups is 1. The predicted octanol–water partition coefficient (Wildman–Crippen LogP) is 4.37. The quantitative estimate of drug-likeness (QED) is 0.819. The molecule has 0 spiro atoms. The van der Waals surface area contributed by atoms with E-state index in [9.17, 15) is 19.8 Å². The van der Waals surface area contributed by atoms with E-state index in [4.69, 9.17) is 0 Å². The second kappa shape index (κ2) is 6.87. The number of carbonyl (C=O) groups excluding carboxylic acids is 1. The van der Waals surface area contributed by atoms with Crippen LogP contribution in [-0.2, 0) is 0 Å². The van der Waals surface area contributed by atoms with Crippen molar-refractivity contribution in [2.75, 3.05) is 0 Å². The lowest BCUT2D eigenvalue weighted by Crippen LogP contribution is -2.11. The van der Waals surface area contributed by atoms with Gasteiger partial charge in [0.15, 0.2) is 5.78 Å². The van der Waals surface area contributed by atoms with E-state index in [2.05, 4.69) is 0 Å². The van der Waals surface area contributed by atoms with E-state index in [1.54, 1.807) is 30.3 Å². The van der Waals surface area contributed by atoms with Crippen LogP contribution < -0.4 is 0 Å². The second-order valence-corrected chi connectivity index (χ2v) is 6.29. The van der Waals surface area contributed by atoms with E-state index >= 15 is 0 Å². The summed E-state index contributed by atoms with van der Waals surface area (Å²) in [7, 11) is 0. The maximum absolute atomic E-state index is 12.8. The summed E-state index contributed by atoms with van der Waals surface area (Å²) in [6.45, 7) is 0. The fourth-order valence-electron chi connectivity index (χ4n) is 3.46.